The number of alkyl halides is 3. The fourth-order valence-electron chi connectivity index (χ4n) is 1.36. The Morgan fingerprint density at radius 3 is 2.00 bits per heavy atom. The van der Waals surface area contributed by atoms with Gasteiger partial charge in [0.2, 0.25) is 0 Å². The minimum absolute atomic E-state index is 0.281. The molecule has 0 amide bonds. The largest absolute Gasteiger partial charge is 0.573 e. The molecule has 0 unspecified atom stereocenters. The molecule has 0 aliphatic heterocycles. The molecule has 0 spiro atoms. The Morgan fingerprint density at radius 2 is 1.33 bits per heavy atom. The third-order valence-corrected chi connectivity index (χ3v) is 2.02. The van der Waals surface area contributed by atoms with Crippen LogP contribution in [0.4, 0.5) is 13.2 Å². The van der Waals surface area contributed by atoms with E-state index < -0.39 is 6.36 Å². The molecule has 0 saturated carbocycles. The van der Waals surface area contributed by atoms with Gasteiger partial charge in [0.1, 0.15) is 17.2 Å². The van der Waals surface area contributed by atoms with Gasteiger partial charge in [-0.15, -0.1) is 13.2 Å². The topological polar surface area (TPSA) is 18.5 Å². The molecule has 0 fully saturated rings. The van der Waals surface area contributed by atoms with Gasteiger partial charge in [-0.2, -0.15) is 0 Å². The molecule has 0 atom stereocenters. The van der Waals surface area contributed by atoms with Gasteiger partial charge in [-0.05, 0) is 24.3 Å². The summed E-state index contributed by atoms with van der Waals surface area (Å²) in [6, 6.07) is 14.1. The standard InChI is InChI=1S/C13H9F3O2/c14-13(15,16)18-12-8-4-7-11(9-12)17-10-5-2-1-3-6-10/h1-9H. The lowest BCUT2D eigenvalue weighted by Gasteiger charge is -2.10. The van der Waals surface area contributed by atoms with Gasteiger partial charge in [-0.1, -0.05) is 24.3 Å². The summed E-state index contributed by atoms with van der Waals surface area (Å²) in [5, 5.41) is 0. The summed E-state index contributed by atoms with van der Waals surface area (Å²) in [4.78, 5) is 0. The van der Waals surface area contributed by atoms with Crippen LogP contribution in [0.3, 0.4) is 0 Å². The maximum absolute atomic E-state index is 12.0. The van der Waals surface area contributed by atoms with Crippen molar-refractivity contribution in [2.45, 2.75) is 6.36 Å². The molecule has 2 aromatic carbocycles. The van der Waals surface area contributed by atoms with E-state index in [1.807, 2.05) is 6.07 Å². The zero-order chi connectivity index (χ0) is 13.0. The second-order valence-corrected chi connectivity index (χ2v) is 3.44. The zero-order valence-corrected chi connectivity index (χ0v) is 9.15. The van der Waals surface area contributed by atoms with Gasteiger partial charge >= 0.3 is 6.36 Å². The molecule has 18 heavy (non-hydrogen) atoms. The molecule has 2 aromatic rings. The smallest absolute Gasteiger partial charge is 0.457 e. The molecule has 5 heteroatoms. The van der Waals surface area contributed by atoms with Crippen LogP contribution < -0.4 is 9.47 Å². The first-order chi connectivity index (χ1) is 8.53. The van der Waals surface area contributed by atoms with E-state index in [9.17, 15) is 13.2 Å². The Hall–Kier alpha value is -2.17. The molecule has 0 N–H and O–H groups in total. The summed E-state index contributed by atoms with van der Waals surface area (Å²) < 4.78 is 45.3. The number of hydrogen-bond donors (Lipinski definition) is 0. The highest BCUT2D eigenvalue weighted by atomic mass is 19.4. The van der Waals surface area contributed by atoms with Crippen LogP contribution in [-0.4, -0.2) is 6.36 Å². The van der Waals surface area contributed by atoms with E-state index in [0.717, 1.165) is 0 Å². The minimum atomic E-state index is -4.70. The number of ether oxygens (including phenoxy) is 2. The first kappa shape index (κ1) is 12.3. The highest BCUT2D eigenvalue weighted by Crippen LogP contribution is 2.28. The molecule has 0 aliphatic rings. The monoisotopic (exact) mass is 254 g/mol. The van der Waals surface area contributed by atoms with E-state index in [1.54, 1.807) is 30.3 Å². The number of rotatable bonds is 3. The first-order valence-corrected chi connectivity index (χ1v) is 5.12. The van der Waals surface area contributed by atoms with E-state index in [-0.39, 0.29) is 11.5 Å². The van der Waals surface area contributed by atoms with E-state index in [2.05, 4.69) is 4.74 Å². The number of halogens is 3. The molecular weight excluding hydrogens is 245 g/mol. The average Bonchev–Trinajstić information content (AvgIpc) is 2.28. The van der Waals surface area contributed by atoms with Crippen molar-refractivity contribution in [3.63, 3.8) is 0 Å². The Morgan fingerprint density at radius 1 is 0.722 bits per heavy atom. The van der Waals surface area contributed by atoms with Crippen LogP contribution in [0.5, 0.6) is 17.2 Å². The van der Waals surface area contributed by atoms with Gasteiger partial charge < -0.3 is 9.47 Å². The molecule has 94 valence electrons. The molecular formula is C13H9F3O2. The summed E-state index contributed by atoms with van der Waals surface area (Å²) >= 11 is 0. The van der Waals surface area contributed by atoms with Gasteiger partial charge in [0.25, 0.3) is 0 Å². The van der Waals surface area contributed by atoms with Gasteiger partial charge in [0.05, 0.1) is 0 Å². The van der Waals surface area contributed by atoms with Crippen LogP contribution in [-0.2, 0) is 0 Å². The molecule has 2 rings (SSSR count). The van der Waals surface area contributed by atoms with Gasteiger partial charge in [0, 0.05) is 6.07 Å². The third-order valence-electron chi connectivity index (χ3n) is 2.02. The normalized spacial score (nSPS) is 11.1. The number of para-hydroxylation sites is 1. The Labute approximate surface area is 102 Å². The van der Waals surface area contributed by atoms with Gasteiger partial charge in [0.15, 0.2) is 0 Å². The minimum Gasteiger partial charge on any atom is -0.457 e. The second kappa shape index (κ2) is 5.00. The van der Waals surface area contributed by atoms with Crippen LogP contribution in [0.25, 0.3) is 0 Å². The Bertz CT molecular complexity index is 509. The van der Waals surface area contributed by atoms with E-state index >= 15 is 0 Å². The van der Waals surface area contributed by atoms with Crippen molar-refractivity contribution >= 4 is 0 Å². The van der Waals surface area contributed by atoms with Crippen molar-refractivity contribution in [3.8, 4) is 17.2 Å². The summed E-state index contributed by atoms with van der Waals surface area (Å²) in [7, 11) is 0. The molecule has 0 radical (unpaired) electrons. The number of hydrogen-bond acceptors (Lipinski definition) is 2. The van der Waals surface area contributed by atoms with E-state index in [0.29, 0.717) is 5.75 Å². The predicted molar refractivity (Wildman–Crippen MR) is 59.6 cm³/mol. The lowest BCUT2D eigenvalue weighted by atomic mass is 10.3. The van der Waals surface area contributed by atoms with Crippen molar-refractivity contribution < 1.29 is 22.6 Å². The van der Waals surface area contributed by atoms with Crippen LogP contribution in [0.2, 0.25) is 0 Å². The van der Waals surface area contributed by atoms with Gasteiger partial charge in [-0.3, -0.25) is 0 Å². The fraction of sp³-hybridized carbons (Fsp3) is 0.0769. The summed E-state index contributed by atoms with van der Waals surface area (Å²) in [5.41, 5.74) is 0. The predicted octanol–water partition coefficient (Wildman–Crippen LogP) is 4.38. The summed E-state index contributed by atoms with van der Waals surface area (Å²) in [6.07, 6.45) is -4.70. The highest BCUT2D eigenvalue weighted by Gasteiger charge is 2.31. The number of benzene rings is 2. The Balaban J connectivity index is 2.13. The van der Waals surface area contributed by atoms with Crippen molar-refractivity contribution in [2.24, 2.45) is 0 Å². The average molecular weight is 254 g/mol. The van der Waals surface area contributed by atoms with Crippen molar-refractivity contribution in [3.05, 3.63) is 54.6 Å². The van der Waals surface area contributed by atoms with Crippen LogP contribution in [0.1, 0.15) is 0 Å². The van der Waals surface area contributed by atoms with Crippen LogP contribution in [0.15, 0.2) is 54.6 Å². The van der Waals surface area contributed by atoms with Crippen molar-refractivity contribution in [1.29, 1.82) is 0 Å². The quantitative estimate of drug-likeness (QED) is 0.809. The Kier molecular flexibility index (Phi) is 3.41. The summed E-state index contributed by atoms with van der Waals surface area (Å²) in [6.45, 7) is 0. The second-order valence-electron chi connectivity index (χ2n) is 3.44. The molecule has 0 aromatic heterocycles. The van der Waals surface area contributed by atoms with Crippen LogP contribution in [0, 0.1) is 0 Å². The maximum Gasteiger partial charge on any atom is 0.573 e. The van der Waals surface area contributed by atoms with Crippen molar-refractivity contribution in [2.75, 3.05) is 0 Å². The maximum atomic E-state index is 12.0. The van der Waals surface area contributed by atoms with Crippen LogP contribution >= 0.6 is 0 Å². The van der Waals surface area contributed by atoms with E-state index in [4.69, 9.17) is 4.74 Å². The van der Waals surface area contributed by atoms with Crippen molar-refractivity contribution in [1.82, 2.24) is 0 Å². The molecule has 0 bridgehead atoms. The molecule has 0 saturated heterocycles. The molecule has 0 aliphatic carbocycles. The third kappa shape index (κ3) is 3.69. The highest BCUT2D eigenvalue weighted by molar-refractivity contribution is 5.36. The van der Waals surface area contributed by atoms with Gasteiger partial charge in [-0.25, -0.2) is 0 Å². The van der Waals surface area contributed by atoms with E-state index in [1.165, 1.54) is 18.2 Å². The zero-order valence-electron chi connectivity index (χ0n) is 9.15. The molecule has 0 heterocycles. The lowest BCUT2D eigenvalue weighted by molar-refractivity contribution is -0.274. The fourth-order valence-corrected chi connectivity index (χ4v) is 1.36. The summed E-state index contributed by atoms with van der Waals surface area (Å²) in [5.74, 6) is 0.514. The lowest BCUT2D eigenvalue weighted by Crippen LogP contribution is -2.16. The first-order valence-electron chi connectivity index (χ1n) is 5.12. The SMILES string of the molecule is FC(F)(F)Oc1cccc(Oc2ccccc2)c1. The molecule has 2 nitrogen and oxygen atoms in total.